The van der Waals surface area contributed by atoms with E-state index in [2.05, 4.69) is 15.4 Å². The third kappa shape index (κ3) is 2.92. The lowest BCUT2D eigenvalue weighted by atomic mass is 9.95. The molecule has 0 aliphatic heterocycles. The number of hydrogen-bond acceptors (Lipinski definition) is 3. The smallest absolute Gasteiger partial charge is 0.272 e. The van der Waals surface area contributed by atoms with Gasteiger partial charge in [0.15, 0.2) is 11.5 Å². The van der Waals surface area contributed by atoms with Crippen molar-refractivity contribution in [3.63, 3.8) is 0 Å². The normalized spacial score (nSPS) is 19.6. The standard InChI is InChI=1S/C22H20F2N4O/c1-22(2,13-5-7-25-8-6-13)26-21(29)19-16-10-12-9-15(12)20(16)28(27-19)18-4-3-14(23)11-17(18)24/h3-8,11-12,15H,9-10H2,1-2H3,(H,26,29)/t12-,15-/m1/s1. The molecule has 2 atom stereocenters. The number of hydrogen-bond donors (Lipinski definition) is 1. The van der Waals surface area contributed by atoms with Crippen molar-refractivity contribution in [2.45, 2.75) is 38.1 Å². The van der Waals surface area contributed by atoms with Crippen LogP contribution in [0, 0.1) is 17.6 Å². The molecule has 2 aliphatic carbocycles. The van der Waals surface area contributed by atoms with Gasteiger partial charge in [0.25, 0.3) is 5.91 Å². The van der Waals surface area contributed by atoms with Crippen LogP contribution in [-0.4, -0.2) is 20.7 Å². The van der Waals surface area contributed by atoms with E-state index < -0.39 is 17.2 Å². The number of amides is 1. The molecule has 1 amide bonds. The molecular formula is C22H20F2N4O. The third-order valence-corrected chi connectivity index (χ3v) is 5.94. The lowest BCUT2D eigenvalue weighted by Crippen LogP contribution is -2.41. The molecule has 5 rings (SSSR count). The van der Waals surface area contributed by atoms with E-state index in [1.54, 1.807) is 12.4 Å². The molecule has 2 aromatic heterocycles. The lowest BCUT2D eigenvalue weighted by Gasteiger charge is -2.26. The minimum absolute atomic E-state index is 0.169. The molecule has 1 fully saturated rings. The fourth-order valence-corrected chi connectivity index (χ4v) is 4.32. The quantitative estimate of drug-likeness (QED) is 0.731. The fraction of sp³-hybridized carbons (Fsp3) is 0.318. The van der Waals surface area contributed by atoms with Crippen molar-refractivity contribution in [2.75, 3.05) is 0 Å². The van der Waals surface area contributed by atoms with Crippen LogP contribution in [0.3, 0.4) is 0 Å². The summed E-state index contributed by atoms with van der Waals surface area (Å²) in [6, 6.07) is 7.13. The number of halogens is 2. The zero-order valence-electron chi connectivity index (χ0n) is 16.1. The van der Waals surface area contributed by atoms with Crippen molar-refractivity contribution in [3.8, 4) is 5.69 Å². The second-order valence-electron chi connectivity index (χ2n) is 8.34. The molecule has 2 aliphatic rings. The Morgan fingerprint density at radius 1 is 1.21 bits per heavy atom. The highest BCUT2D eigenvalue weighted by Crippen LogP contribution is 2.57. The van der Waals surface area contributed by atoms with Crippen molar-refractivity contribution in [1.82, 2.24) is 20.1 Å². The van der Waals surface area contributed by atoms with E-state index in [1.807, 2.05) is 26.0 Å². The van der Waals surface area contributed by atoms with Crippen LogP contribution in [0.4, 0.5) is 8.78 Å². The summed E-state index contributed by atoms with van der Waals surface area (Å²) in [5.74, 6) is -0.861. The summed E-state index contributed by atoms with van der Waals surface area (Å²) in [4.78, 5) is 17.2. The first-order chi connectivity index (χ1) is 13.8. The lowest BCUT2D eigenvalue weighted by molar-refractivity contribution is 0.0905. The van der Waals surface area contributed by atoms with Crippen molar-refractivity contribution < 1.29 is 13.6 Å². The highest BCUT2D eigenvalue weighted by molar-refractivity contribution is 5.95. The molecule has 0 unspecified atom stereocenters. The highest BCUT2D eigenvalue weighted by Gasteiger charge is 2.50. The van der Waals surface area contributed by atoms with Crippen LogP contribution in [0.25, 0.3) is 5.69 Å². The van der Waals surface area contributed by atoms with E-state index in [4.69, 9.17) is 0 Å². The van der Waals surface area contributed by atoms with Crippen molar-refractivity contribution in [3.05, 3.63) is 76.9 Å². The minimum atomic E-state index is -0.691. The number of aromatic nitrogens is 3. The van der Waals surface area contributed by atoms with Crippen LogP contribution in [-0.2, 0) is 12.0 Å². The molecule has 0 radical (unpaired) electrons. The van der Waals surface area contributed by atoms with Gasteiger partial charge >= 0.3 is 0 Å². The van der Waals surface area contributed by atoms with Gasteiger partial charge in [-0.2, -0.15) is 5.10 Å². The molecule has 0 spiro atoms. The molecular weight excluding hydrogens is 374 g/mol. The number of benzene rings is 1. The number of fused-ring (bicyclic) bond motifs is 3. The molecule has 3 aromatic rings. The van der Waals surface area contributed by atoms with Gasteiger partial charge in [-0.3, -0.25) is 9.78 Å². The zero-order chi connectivity index (χ0) is 20.3. The Bertz CT molecular complexity index is 1120. The first kappa shape index (κ1) is 18.0. The number of carbonyl (C=O) groups is 1. The monoisotopic (exact) mass is 394 g/mol. The maximum atomic E-state index is 14.4. The summed E-state index contributed by atoms with van der Waals surface area (Å²) in [7, 11) is 0. The van der Waals surface area contributed by atoms with E-state index >= 15 is 0 Å². The molecule has 29 heavy (non-hydrogen) atoms. The Hall–Kier alpha value is -3.09. The Morgan fingerprint density at radius 2 is 1.97 bits per heavy atom. The summed E-state index contributed by atoms with van der Waals surface area (Å²) in [6.45, 7) is 3.82. The predicted octanol–water partition coefficient (Wildman–Crippen LogP) is 3.87. The summed E-state index contributed by atoms with van der Waals surface area (Å²) in [5.41, 5.74) is 2.54. The summed E-state index contributed by atoms with van der Waals surface area (Å²) < 4.78 is 29.3. The van der Waals surface area contributed by atoms with Gasteiger partial charge in [-0.1, -0.05) is 0 Å². The van der Waals surface area contributed by atoms with Crippen LogP contribution in [0.5, 0.6) is 0 Å². The number of rotatable bonds is 4. The van der Waals surface area contributed by atoms with Crippen LogP contribution < -0.4 is 5.32 Å². The SMILES string of the molecule is CC(C)(NC(=O)c1nn(-c2ccc(F)cc2F)c2c1C[C@H]1C[C@@H]21)c1ccncc1. The van der Waals surface area contributed by atoms with Gasteiger partial charge in [-0.25, -0.2) is 13.5 Å². The molecule has 1 N–H and O–H groups in total. The maximum absolute atomic E-state index is 14.4. The largest absolute Gasteiger partial charge is 0.342 e. The van der Waals surface area contributed by atoms with Gasteiger partial charge in [0, 0.05) is 29.9 Å². The molecule has 0 bridgehead atoms. The number of nitrogens with one attached hydrogen (secondary N) is 1. The molecule has 5 nitrogen and oxygen atoms in total. The second kappa shape index (κ2) is 6.20. The Labute approximate surface area is 166 Å². The predicted molar refractivity (Wildman–Crippen MR) is 103 cm³/mol. The summed E-state index contributed by atoms with van der Waals surface area (Å²) in [5, 5.41) is 7.52. The summed E-state index contributed by atoms with van der Waals surface area (Å²) in [6.07, 6.45) is 5.15. The Balaban J connectivity index is 1.53. The van der Waals surface area contributed by atoms with E-state index in [0.717, 1.165) is 35.7 Å². The van der Waals surface area contributed by atoms with E-state index in [9.17, 15) is 13.6 Å². The van der Waals surface area contributed by atoms with Crippen LogP contribution in [0.15, 0.2) is 42.7 Å². The van der Waals surface area contributed by atoms with Crippen molar-refractivity contribution in [1.29, 1.82) is 0 Å². The van der Waals surface area contributed by atoms with Gasteiger partial charge in [-0.05, 0) is 62.4 Å². The van der Waals surface area contributed by atoms with Gasteiger partial charge in [0.1, 0.15) is 11.5 Å². The van der Waals surface area contributed by atoms with Gasteiger partial charge < -0.3 is 5.32 Å². The first-order valence-corrected chi connectivity index (χ1v) is 9.65. The van der Waals surface area contributed by atoms with Gasteiger partial charge in [-0.15, -0.1) is 0 Å². The zero-order valence-corrected chi connectivity index (χ0v) is 16.1. The average Bonchev–Trinajstić information content (AvgIpc) is 3.18. The molecule has 148 valence electrons. The van der Waals surface area contributed by atoms with Crippen LogP contribution >= 0.6 is 0 Å². The summed E-state index contributed by atoms with van der Waals surface area (Å²) >= 11 is 0. The first-order valence-electron chi connectivity index (χ1n) is 9.65. The second-order valence-corrected chi connectivity index (χ2v) is 8.34. The molecule has 1 aromatic carbocycles. The van der Waals surface area contributed by atoms with Crippen molar-refractivity contribution >= 4 is 5.91 Å². The molecule has 2 heterocycles. The van der Waals surface area contributed by atoms with E-state index in [0.29, 0.717) is 11.6 Å². The Kier molecular flexibility index (Phi) is 3.84. The maximum Gasteiger partial charge on any atom is 0.272 e. The number of pyridine rings is 1. The fourth-order valence-electron chi connectivity index (χ4n) is 4.32. The third-order valence-electron chi connectivity index (χ3n) is 5.94. The van der Waals surface area contributed by atoms with E-state index in [-0.39, 0.29) is 17.5 Å². The minimum Gasteiger partial charge on any atom is -0.342 e. The molecule has 0 saturated heterocycles. The number of nitrogens with zero attached hydrogens (tertiary/aromatic N) is 3. The molecule has 7 heteroatoms. The van der Waals surface area contributed by atoms with Crippen molar-refractivity contribution in [2.24, 2.45) is 5.92 Å². The Morgan fingerprint density at radius 3 is 2.69 bits per heavy atom. The van der Waals surface area contributed by atoms with Crippen LogP contribution in [0.1, 0.15) is 53.5 Å². The van der Waals surface area contributed by atoms with E-state index in [1.165, 1.54) is 16.8 Å². The molecule has 1 saturated carbocycles. The average molecular weight is 394 g/mol. The van der Waals surface area contributed by atoms with Crippen LogP contribution in [0.2, 0.25) is 0 Å². The number of carbonyl (C=O) groups excluding carboxylic acids is 1. The highest BCUT2D eigenvalue weighted by atomic mass is 19.1. The van der Waals surface area contributed by atoms with Gasteiger partial charge in [0.05, 0.1) is 11.2 Å². The topological polar surface area (TPSA) is 59.8 Å². The van der Waals surface area contributed by atoms with Gasteiger partial charge in [0.2, 0.25) is 0 Å².